The lowest BCUT2D eigenvalue weighted by Gasteiger charge is -2.19. The molecule has 8 nitrogen and oxygen atoms in total. The predicted molar refractivity (Wildman–Crippen MR) is 138 cm³/mol. The Morgan fingerprint density at radius 2 is 2.13 bits per heavy atom. The molecule has 11 heteroatoms. The van der Waals surface area contributed by atoms with E-state index < -0.39 is 17.7 Å². The number of halogens is 2. The van der Waals surface area contributed by atoms with Gasteiger partial charge in [-0.25, -0.2) is 18.6 Å². The number of nitrogens with one attached hydrogen (secondary N) is 1. The molecular weight excluding hydrogens is 514 g/mol. The van der Waals surface area contributed by atoms with Crippen LogP contribution in [0.15, 0.2) is 24.3 Å². The van der Waals surface area contributed by atoms with E-state index >= 15 is 4.39 Å². The van der Waals surface area contributed by atoms with Gasteiger partial charge in [-0.1, -0.05) is 6.07 Å². The van der Waals surface area contributed by atoms with E-state index in [1.54, 1.807) is 12.1 Å². The van der Waals surface area contributed by atoms with Crippen molar-refractivity contribution < 1.29 is 28.2 Å². The molecule has 0 unspecified atom stereocenters. The first-order chi connectivity index (χ1) is 18.4. The lowest BCUT2D eigenvalue weighted by molar-refractivity contribution is 0.135. The number of nitrogens with zero attached hydrogens (tertiary/aromatic N) is 3. The first-order valence-electron chi connectivity index (χ1n) is 12.1. The maximum atomic E-state index is 16.4. The number of hydrogen-bond donors (Lipinski definition) is 2. The Morgan fingerprint density at radius 3 is 2.87 bits per heavy atom. The van der Waals surface area contributed by atoms with Gasteiger partial charge < -0.3 is 19.5 Å². The van der Waals surface area contributed by atoms with Crippen LogP contribution in [0, 0.1) is 23.0 Å². The second kappa shape index (κ2) is 9.47. The molecule has 0 saturated carbocycles. The van der Waals surface area contributed by atoms with Crippen LogP contribution in [0.3, 0.4) is 0 Å². The fourth-order valence-corrected chi connectivity index (χ4v) is 6.47. The van der Waals surface area contributed by atoms with Gasteiger partial charge in [0.1, 0.15) is 29.0 Å². The van der Waals surface area contributed by atoms with Crippen LogP contribution in [0.5, 0.6) is 5.88 Å². The molecule has 1 atom stereocenters. The predicted octanol–water partition coefficient (Wildman–Crippen LogP) is 5.86. The quantitative estimate of drug-likeness (QED) is 0.329. The monoisotopic (exact) mass is 536 g/mol. The number of benzene rings is 2. The van der Waals surface area contributed by atoms with Crippen LogP contribution in [0.2, 0.25) is 0 Å². The summed E-state index contributed by atoms with van der Waals surface area (Å²) in [5.41, 5.74) is 1.81. The van der Waals surface area contributed by atoms with Gasteiger partial charge in [0.2, 0.25) is 5.88 Å². The van der Waals surface area contributed by atoms with Crippen LogP contribution in [-0.2, 0) is 18.0 Å². The average Bonchev–Trinajstić information content (AvgIpc) is 3.62. The summed E-state index contributed by atoms with van der Waals surface area (Å²) in [4.78, 5) is 18.0. The molecule has 38 heavy (non-hydrogen) atoms. The summed E-state index contributed by atoms with van der Waals surface area (Å²) in [6, 6.07) is 8.34. The van der Waals surface area contributed by atoms with E-state index in [9.17, 15) is 19.6 Å². The number of likely N-dealkylation sites (tertiary alicyclic amines) is 1. The van der Waals surface area contributed by atoms with E-state index in [2.05, 4.69) is 15.2 Å². The Hall–Kier alpha value is -3.85. The molecular formula is C27H22F2N4O4S. The van der Waals surface area contributed by atoms with Crippen LogP contribution < -0.4 is 10.1 Å². The van der Waals surface area contributed by atoms with Crippen molar-refractivity contribution >= 4 is 43.4 Å². The van der Waals surface area contributed by atoms with Gasteiger partial charge in [0, 0.05) is 28.4 Å². The number of hydrogen-bond acceptors (Lipinski definition) is 7. The molecule has 4 heterocycles. The molecule has 4 aromatic rings. The molecule has 0 bridgehead atoms. The number of thiophene rings is 1. The van der Waals surface area contributed by atoms with Crippen molar-refractivity contribution in [1.29, 1.82) is 5.26 Å². The zero-order valence-electron chi connectivity index (χ0n) is 20.3. The number of pyridine rings is 1. The minimum absolute atomic E-state index is 0.0267. The Morgan fingerprint density at radius 1 is 1.32 bits per heavy atom. The summed E-state index contributed by atoms with van der Waals surface area (Å²) < 4.78 is 42.9. The summed E-state index contributed by atoms with van der Waals surface area (Å²) >= 11 is 0.793. The standard InChI is InChI=1S/C27H22F2N4O4S/c1-33-8-2-3-13(33)10-37-20-7-5-14-17-11-36-12-18(17)21(23(29)24(14)31-20)15-4-6-19(28)25-22(15)16(9-30)26(38-25)32-27(34)35/h4-7,13,32H,2-3,8,10-12H2,1H3,(H,34,35)/t13-/m0/s1. The molecule has 6 rings (SSSR count). The topological polar surface area (TPSA) is 108 Å². The Balaban J connectivity index is 1.54. The normalized spacial score (nSPS) is 17.2. The van der Waals surface area contributed by atoms with Crippen LogP contribution in [0.25, 0.3) is 32.1 Å². The van der Waals surface area contributed by atoms with E-state index in [4.69, 9.17) is 9.47 Å². The second-order valence-corrected chi connectivity index (χ2v) is 10.4. The SMILES string of the molecule is CN1CCC[C@H]1COc1ccc2c3c(c(-c4ccc(F)c5sc(NC(=O)O)c(C#N)c45)c(F)c2n1)COC3. The number of carbonyl (C=O) groups is 1. The van der Waals surface area contributed by atoms with Crippen molar-refractivity contribution in [2.75, 3.05) is 25.5 Å². The highest BCUT2D eigenvalue weighted by Gasteiger charge is 2.29. The number of nitriles is 1. The number of ether oxygens (including phenoxy) is 2. The molecule has 1 saturated heterocycles. The lowest BCUT2D eigenvalue weighted by atomic mass is 9.90. The molecule has 2 aromatic carbocycles. The molecule has 2 aliphatic heterocycles. The Bertz CT molecular complexity index is 1670. The van der Waals surface area contributed by atoms with Crippen molar-refractivity contribution in [3.05, 3.63) is 52.6 Å². The first kappa shape index (κ1) is 24.5. The van der Waals surface area contributed by atoms with E-state index in [0.717, 1.165) is 36.3 Å². The van der Waals surface area contributed by atoms with E-state index in [1.165, 1.54) is 12.1 Å². The van der Waals surface area contributed by atoms with Gasteiger partial charge in [0.05, 0.1) is 23.5 Å². The third kappa shape index (κ3) is 3.93. The summed E-state index contributed by atoms with van der Waals surface area (Å²) in [7, 11) is 2.05. The lowest BCUT2D eigenvalue weighted by Crippen LogP contribution is -2.30. The van der Waals surface area contributed by atoms with Gasteiger partial charge in [-0.2, -0.15) is 5.26 Å². The van der Waals surface area contributed by atoms with Gasteiger partial charge in [0.25, 0.3) is 0 Å². The van der Waals surface area contributed by atoms with Gasteiger partial charge >= 0.3 is 6.09 Å². The molecule has 2 N–H and O–H groups in total. The zero-order chi connectivity index (χ0) is 26.6. The Labute approximate surface area is 220 Å². The molecule has 1 amide bonds. The summed E-state index contributed by atoms with van der Waals surface area (Å²) in [5.74, 6) is -0.973. The number of carboxylic acid groups (broad SMARTS) is 1. The number of amides is 1. The van der Waals surface area contributed by atoms with E-state index in [-0.39, 0.29) is 56.5 Å². The molecule has 0 radical (unpaired) electrons. The highest BCUT2D eigenvalue weighted by molar-refractivity contribution is 7.23. The van der Waals surface area contributed by atoms with Gasteiger partial charge in [-0.05, 0) is 55.3 Å². The van der Waals surface area contributed by atoms with Crippen LogP contribution in [-0.4, -0.2) is 47.3 Å². The molecule has 2 aliphatic rings. The van der Waals surface area contributed by atoms with Crippen molar-refractivity contribution in [3.8, 4) is 23.1 Å². The Kier molecular flexibility index (Phi) is 6.10. The summed E-state index contributed by atoms with van der Waals surface area (Å²) in [6.45, 7) is 1.83. The van der Waals surface area contributed by atoms with Gasteiger partial charge in [-0.3, -0.25) is 5.32 Å². The summed E-state index contributed by atoms with van der Waals surface area (Å²) in [6.07, 6.45) is 0.735. The third-order valence-corrected chi connectivity index (χ3v) is 8.38. The van der Waals surface area contributed by atoms with Crippen molar-refractivity contribution in [2.24, 2.45) is 0 Å². The molecule has 2 aromatic heterocycles. The number of anilines is 1. The number of rotatable bonds is 5. The maximum Gasteiger partial charge on any atom is 0.409 e. The third-order valence-electron chi connectivity index (χ3n) is 7.27. The zero-order valence-corrected chi connectivity index (χ0v) is 21.1. The van der Waals surface area contributed by atoms with Crippen LogP contribution in [0.4, 0.5) is 18.6 Å². The average molecular weight is 537 g/mol. The highest BCUT2D eigenvalue weighted by atomic mass is 32.1. The van der Waals surface area contributed by atoms with Gasteiger partial charge in [-0.15, -0.1) is 11.3 Å². The van der Waals surface area contributed by atoms with E-state index in [1.807, 2.05) is 13.1 Å². The minimum Gasteiger partial charge on any atom is -0.476 e. The smallest absolute Gasteiger partial charge is 0.409 e. The van der Waals surface area contributed by atoms with Gasteiger partial charge in [0.15, 0.2) is 5.82 Å². The molecule has 194 valence electrons. The molecule has 0 spiro atoms. The van der Waals surface area contributed by atoms with Crippen molar-refractivity contribution in [1.82, 2.24) is 9.88 Å². The largest absolute Gasteiger partial charge is 0.476 e. The van der Waals surface area contributed by atoms with Crippen LogP contribution >= 0.6 is 11.3 Å². The fraction of sp³-hybridized carbons (Fsp3) is 0.296. The second-order valence-electron chi connectivity index (χ2n) is 9.42. The maximum absolute atomic E-state index is 16.4. The van der Waals surface area contributed by atoms with Crippen LogP contribution in [0.1, 0.15) is 29.5 Å². The molecule has 1 fully saturated rings. The highest BCUT2D eigenvalue weighted by Crippen LogP contribution is 2.46. The minimum atomic E-state index is -1.39. The molecule has 0 aliphatic carbocycles. The van der Waals surface area contributed by atoms with E-state index in [0.29, 0.717) is 23.4 Å². The number of fused-ring (bicyclic) bond motifs is 4. The first-order valence-corrected chi connectivity index (χ1v) is 12.9. The number of likely N-dealkylation sites (N-methyl/N-ethyl adjacent to an activating group) is 1. The van der Waals surface area contributed by atoms with Crippen molar-refractivity contribution in [3.63, 3.8) is 0 Å². The fourth-order valence-electron chi connectivity index (χ4n) is 5.40. The summed E-state index contributed by atoms with van der Waals surface area (Å²) in [5, 5.41) is 21.9. The number of aromatic nitrogens is 1. The van der Waals surface area contributed by atoms with Crippen molar-refractivity contribution in [2.45, 2.75) is 32.1 Å².